The van der Waals surface area contributed by atoms with Crippen LogP contribution in [-0.2, 0) is 11.3 Å². The van der Waals surface area contributed by atoms with Crippen molar-refractivity contribution in [3.63, 3.8) is 0 Å². The number of hydrogen-bond acceptors (Lipinski definition) is 5. The average Bonchev–Trinajstić information content (AvgIpc) is 3.02. The van der Waals surface area contributed by atoms with E-state index >= 15 is 0 Å². The fraction of sp³-hybridized carbons (Fsp3) is 0.211. The molecule has 3 rings (SSSR count). The third-order valence-electron chi connectivity index (χ3n) is 3.79. The molecule has 0 saturated carbocycles. The van der Waals surface area contributed by atoms with Gasteiger partial charge in [0, 0.05) is 0 Å². The van der Waals surface area contributed by atoms with Crippen LogP contribution < -0.4 is 10.1 Å². The Morgan fingerprint density at radius 1 is 1.14 bits per heavy atom. The van der Waals surface area contributed by atoms with Crippen LogP contribution in [0.3, 0.4) is 0 Å². The van der Waals surface area contributed by atoms with E-state index in [1.54, 1.807) is 12.1 Å². The van der Waals surface area contributed by atoms with Gasteiger partial charge in [0.2, 0.25) is 5.91 Å². The number of para-hydroxylation sites is 2. The van der Waals surface area contributed by atoms with Gasteiger partial charge in [0.25, 0.3) is 0 Å². The summed E-state index contributed by atoms with van der Waals surface area (Å²) < 4.78 is 31.3. The average molecular weight is 404 g/mol. The zero-order valence-electron chi connectivity index (χ0n) is 15.0. The second kappa shape index (κ2) is 9.32. The summed E-state index contributed by atoms with van der Waals surface area (Å²) >= 11 is 1.22. The lowest BCUT2D eigenvalue weighted by Crippen LogP contribution is -2.16. The first-order valence-corrected chi connectivity index (χ1v) is 9.41. The molecule has 1 N–H and O–H groups in total. The number of ether oxygens (including phenoxy) is 1. The number of aryl methyl sites for hydroxylation is 1. The van der Waals surface area contributed by atoms with Gasteiger partial charge in [-0.15, -0.1) is 10.2 Å². The summed E-state index contributed by atoms with van der Waals surface area (Å²) in [6, 6.07) is 15.9. The number of amides is 1. The van der Waals surface area contributed by atoms with Crippen LogP contribution in [0.2, 0.25) is 0 Å². The van der Waals surface area contributed by atoms with Crippen LogP contribution >= 0.6 is 11.8 Å². The van der Waals surface area contributed by atoms with Gasteiger partial charge in [-0.1, -0.05) is 54.2 Å². The lowest BCUT2D eigenvalue weighted by atomic mass is 10.2. The minimum Gasteiger partial charge on any atom is -0.433 e. The first-order chi connectivity index (χ1) is 13.5. The predicted molar refractivity (Wildman–Crippen MR) is 103 cm³/mol. The highest BCUT2D eigenvalue weighted by Gasteiger charge is 2.14. The Morgan fingerprint density at radius 3 is 2.61 bits per heavy atom. The summed E-state index contributed by atoms with van der Waals surface area (Å²) in [6.45, 7) is -0.529. The lowest BCUT2D eigenvalue weighted by Gasteiger charge is -2.12. The quantitative estimate of drug-likeness (QED) is 0.576. The summed E-state index contributed by atoms with van der Waals surface area (Å²) in [5, 5.41) is 11.4. The smallest absolute Gasteiger partial charge is 0.387 e. The van der Waals surface area contributed by atoms with E-state index in [-0.39, 0.29) is 23.1 Å². The van der Waals surface area contributed by atoms with Crippen molar-refractivity contribution >= 4 is 23.4 Å². The Balaban J connectivity index is 1.63. The van der Waals surface area contributed by atoms with Gasteiger partial charge in [0.1, 0.15) is 11.6 Å². The van der Waals surface area contributed by atoms with Crippen LogP contribution in [0.25, 0.3) is 0 Å². The number of rotatable bonds is 8. The maximum Gasteiger partial charge on any atom is 0.387 e. The molecule has 0 unspecified atom stereocenters. The molecule has 1 heterocycles. The zero-order valence-corrected chi connectivity index (χ0v) is 15.8. The fourth-order valence-corrected chi connectivity index (χ4v) is 3.28. The number of nitrogens with zero attached hydrogens (tertiary/aromatic N) is 3. The molecule has 3 aromatic rings. The van der Waals surface area contributed by atoms with Crippen LogP contribution in [0.4, 0.5) is 14.5 Å². The second-order valence-corrected chi connectivity index (χ2v) is 6.76. The van der Waals surface area contributed by atoms with E-state index < -0.39 is 6.61 Å². The largest absolute Gasteiger partial charge is 0.433 e. The normalized spacial score (nSPS) is 10.9. The molecular formula is C19H18F2N4O2S. The van der Waals surface area contributed by atoms with Crippen molar-refractivity contribution in [1.29, 1.82) is 0 Å². The van der Waals surface area contributed by atoms with Crippen LogP contribution in [0.15, 0.2) is 59.8 Å². The molecule has 2 aromatic carbocycles. The van der Waals surface area contributed by atoms with Gasteiger partial charge in [-0.25, -0.2) is 0 Å². The molecule has 0 atom stereocenters. The van der Waals surface area contributed by atoms with Crippen LogP contribution in [0.5, 0.6) is 5.75 Å². The van der Waals surface area contributed by atoms with Crippen molar-refractivity contribution in [3.05, 3.63) is 66.0 Å². The van der Waals surface area contributed by atoms with E-state index in [0.29, 0.717) is 11.7 Å². The number of halogens is 2. The molecule has 0 spiro atoms. The summed E-state index contributed by atoms with van der Waals surface area (Å²) in [6.07, 6.45) is 0. The second-order valence-electron chi connectivity index (χ2n) is 5.81. The molecule has 28 heavy (non-hydrogen) atoms. The molecule has 146 valence electrons. The third kappa shape index (κ3) is 5.29. The molecule has 6 nitrogen and oxygen atoms in total. The molecule has 0 aliphatic rings. The molecular weight excluding hydrogens is 386 g/mol. The van der Waals surface area contributed by atoms with Crippen molar-refractivity contribution in [2.45, 2.75) is 25.2 Å². The summed E-state index contributed by atoms with van der Waals surface area (Å²) in [5.41, 5.74) is 1.28. The van der Waals surface area contributed by atoms with Crippen LogP contribution in [0, 0.1) is 6.92 Å². The molecule has 0 fully saturated rings. The Hall–Kier alpha value is -2.94. The van der Waals surface area contributed by atoms with Crippen molar-refractivity contribution < 1.29 is 18.3 Å². The third-order valence-corrected chi connectivity index (χ3v) is 4.76. The maximum absolute atomic E-state index is 12.5. The van der Waals surface area contributed by atoms with Gasteiger partial charge in [-0.05, 0) is 24.6 Å². The monoisotopic (exact) mass is 404 g/mol. The standard InChI is InChI=1S/C19H18F2N4O2S/c1-13-23-24-19(25(13)11-14-7-3-2-4-8-14)28-12-17(26)22-15-9-5-6-10-16(15)27-18(20)21/h2-10,18H,11-12H2,1H3,(H,22,26). The summed E-state index contributed by atoms with van der Waals surface area (Å²) in [7, 11) is 0. The van der Waals surface area contributed by atoms with Crippen LogP contribution in [-0.4, -0.2) is 33.0 Å². The SMILES string of the molecule is Cc1nnc(SCC(=O)Nc2ccccc2OC(F)F)n1Cc1ccccc1. The Bertz CT molecular complexity index is 935. The van der Waals surface area contributed by atoms with Gasteiger partial charge in [0.05, 0.1) is 18.0 Å². The van der Waals surface area contributed by atoms with E-state index in [2.05, 4.69) is 20.3 Å². The number of nitrogens with one attached hydrogen (secondary N) is 1. The lowest BCUT2D eigenvalue weighted by molar-refractivity contribution is -0.113. The number of alkyl halides is 2. The molecule has 1 aromatic heterocycles. The van der Waals surface area contributed by atoms with E-state index in [1.807, 2.05) is 41.8 Å². The fourth-order valence-electron chi connectivity index (χ4n) is 2.50. The Labute approximate surface area is 164 Å². The van der Waals surface area contributed by atoms with E-state index in [9.17, 15) is 13.6 Å². The Morgan fingerprint density at radius 2 is 1.86 bits per heavy atom. The van der Waals surface area contributed by atoms with Crippen molar-refractivity contribution in [2.24, 2.45) is 0 Å². The maximum atomic E-state index is 12.5. The topological polar surface area (TPSA) is 69.0 Å². The first-order valence-electron chi connectivity index (χ1n) is 8.43. The van der Waals surface area contributed by atoms with Crippen molar-refractivity contribution in [3.8, 4) is 5.75 Å². The number of benzene rings is 2. The van der Waals surface area contributed by atoms with E-state index in [0.717, 1.165) is 11.4 Å². The number of carbonyl (C=O) groups is 1. The van der Waals surface area contributed by atoms with Gasteiger partial charge in [0.15, 0.2) is 5.16 Å². The zero-order chi connectivity index (χ0) is 19.9. The highest BCUT2D eigenvalue weighted by atomic mass is 32.2. The molecule has 0 aliphatic heterocycles. The van der Waals surface area contributed by atoms with E-state index in [4.69, 9.17) is 0 Å². The highest BCUT2D eigenvalue weighted by molar-refractivity contribution is 7.99. The van der Waals surface area contributed by atoms with Crippen molar-refractivity contribution in [2.75, 3.05) is 11.1 Å². The highest BCUT2D eigenvalue weighted by Crippen LogP contribution is 2.26. The van der Waals surface area contributed by atoms with Gasteiger partial charge in [-0.2, -0.15) is 8.78 Å². The number of hydrogen-bond donors (Lipinski definition) is 1. The van der Waals surface area contributed by atoms with Gasteiger partial charge in [-0.3, -0.25) is 4.79 Å². The Kier molecular flexibility index (Phi) is 6.59. The molecule has 0 aliphatic carbocycles. The first kappa shape index (κ1) is 19.8. The molecule has 0 saturated heterocycles. The predicted octanol–water partition coefficient (Wildman–Crippen LogP) is 3.97. The molecule has 0 bridgehead atoms. The molecule has 1 amide bonds. The minimum absolute atomic E-state index is 0.0515. The molecule has 9 heteroatoms. The van der Waals surface area contributed by atoms with E-state index in [1.165, 1.54) is 23.9 Å². The van der Waals surface area contributed by atoms with Gasteiger partial charge >= 0.3 is 6.61 Å². The van der Waals surface area contributed by atoms with Crippen molar-refractivity contribution in [1.82, 2.24) is 14.8 Å². The number of aromatic nitrogens is 3. The number of thioether (sulfide) groups is 1. The minimum atomic E-state index is -2.97. The molecule has 0 radical (unpaired) electrons. The summed E-state index contributed by atoms with van der Waals surface area (Å²) in [4.78, 5) is 12.3. The van der Waals surface area contributed by atoms with Gasteiger partial charge < -0.3 is 14.6 Å². The summed E-state index contributed by atoms with van der Waals surface area (Å²) in [5.74, 6) is 0.347. The number of anilines is 1. The van der Waals surface area contributed by atoms with Crippen LogP contribution in [0.1, 0.15) is 11.4 Å². The number of carbonyl (C=O) groups excluding carboxylic acids is 1.